The zero-order valence-electron chi connectivity index (χ0n) is 12.9. The summed E-state index contributed by atoms with van der Waals surface area (Å²) >= 11 is 0. The van der Waals surface area contributed by atoms with E-state index >= 15 is 0 Å². The van der Waals surface area contributed by atoms with Crippen LogP contribution in [-0.2, 0) is 0 Å². The van der Waals surface area contributed by atoms with Gasteiger partial charge in [-0.1, -0.05) is 0 Å². The van der Waals surface area contributed by atoms with Crippen molar-refractivity contribution in [1.29, 1.82) is 0 Å². The van der Waals surface area contributed by atoms with Crippen LogP contribution in [0.25, 0.3) is 0 Å². The SMILES string of the molecule is OC[C@@H]1CCCN1CCC1CCC2(CCNCC2)CC1. The maximum atomic E-state index is 9.39. The van der Waals surface area contributed by atoms with E-state index in [1.165, 1.54) is 84.0 Å². The predicted octanol–water partition coefficient (Wildman–Crippen LogP) is 2.39. The van der Waals surface area contributed by atoms with Gasteiger partial charge in [0.05, 0.1) is 6.61 Å². The quantitative estimate of drug-likeness (QED) is 0.830. The lowest BCUT2D eigenvalue weighted by atomic mass is 9.65. The maximum absolute atomic E-state index is 9.39. The van der Waals surface area contributed by atoms with E-state index in [1.807, 2.05) is 0 Å². The highest BCUT2D eigenvalue weighted by Crippen LogP contribution is 2.45. The summed E-state index contributed by atoms with van der Waals surface area (Å²) in [7, 11) is 0. The van der Waals surface area contributed by atoms with Crippen molar-refractivity contribution in [3.05, 3.63) is 0 Å². The number of rotatable bonds is 4. The lowest BCUT2D eigenvalue weighted by Crippen LogP contribution is -2.40. The molecule has 0 aromatic carbocycles. The first-order valence-corrected chi connectivity index (χ1v) is 8.87. The molecule has 3 heteroatoms. The Kier molecular flexibility index (Phi) is 5.00. The van der Waals surface area contributed by atoms with E-state index in [4.69, 9.17) is 0 Å². The van der Waals surface area contributed by atoms with Gasteiger partial charge < -0.3 is 10.4 Å². The smallest absolute Gasteiger partial charge is 0.0586 e. The van der Waals surface area contributed by atoms with Gasteiger partial charge in [0.15, 0.2) is 0 Å². The highest BCUT2D eigenvalue weighted by atomic mass is 16.3. The molecule has 1 atom stereocenters. The lowest BCUT2D eigenvalue weighted by Gasteiger charge is -2.43. The lowest BCUT2D eigenvalue weighted by molar-refractivity contribution is 0.0923. The number of piperidine rings is 1. The minimum Gasteiger partial charge on any atom is -0.395 e. The number of aliphatic hydroxyl groups is 1. The standard InChI is InChI=1S/C17H32N2O/c20-14-16-2-1-12-19(16)13-5-15-3-6-17(7-4-15)8-10-18-11-9-17/h15-16,18,20H,1-14H2/t16-/m0/s1. The van der Waals surface area contributed by atoms with Crippen molar-refractivity contribution < 1.29 is 5.11 Å². The van der Waals surface area contributed by atoms with E-state index in [2.05, 4.69) is 10.2 Å². The highest BCUT2D eigenvalue weighted by molar-refractivity contribution is 4.89. The van der Waals surface area contributed by atoms with Crippen molar-refractivity contribution in [2.45, 2.75) is 63.8 Å². The Morgan fingerprint density at radius 1 is 1.05 bits per heavy atom. The minimum absolute atomic E-state index is 0.362. The number of likely N-dealkylation sites (tertiary alicyclic amines) is 1. The van der Waals surface area contributed by atoms with Crippen LogP contribution >= 0.6 is 0 Å². The molecular weight excluding hydrogens is 248 g/mol. The van der Waals surface area contributed by atoms with Gasteiger partial charge >= 0.3 is 0 Å². The van der Waals surface area contributed by atoms with E-state index < -0.39 is 0 Å². The Labute approximate surface area is 124 Å². The highest BCUT2D eigenvalue weighted by Gasteiger charge is 2.36. The average molecular weight is 280 g/mol. The van der Waals surface area contributed by atoms with Crippen LogP contribution < -0.4 is 5.32 Å². The Bertz CT molecular complexity index is 291. The Hall–Kier alpha value is -0.120. The van der Waals surface area contributed by atoms with Gasteiger partial charge in [0.1, 0.15) is 0 Å². The molecule has 2 saturated heterocycles. The molecule has 3 aliphatic rings. The third kappa shape index (κ3) is 3.37. The van der Waals surface area contributed by atoms with Crippen LogP contribution in [0.1, 0.15) is 57.8 Å². The second-order valence-corrected chi connectivity index (χ2v) is 7.50. The Morgan fingerprint density at radius 2 is 1.80 bits per heavy atom. The first-order valence-electron chi connectivity index (χ1n) is 8.87. The van der Waals surface area contributed by atoms with Crippen LogP contribution in [-0.4, -0.2) is 48.8 Å². The third-order valence-corrected chi connectivity index (χ3v) is 6.36. The third-order valence-electron chi connectivity index (χ3n) is 6.36. The topological polar surface area (TPSA) is 35.5 Å². The molecule has 2 heterocycles. The molecule has 1 spiro atoms. The first kappa shape index (κ1) is 14.8. The summed E-state index contributed by atoms with van der Waals surface area (Å²) in [5.74, 6) is 0.954. The van der Waals surface area contributed by atoms with Gasteiger partial charge in [-0.05, 0) is 95.3 Å². The summed E-state index contributed by atoms with van der Waals surface area (Å²) in [6, 6.07) is 0.467. The molecule has 20 heavy (non-hydrogen) atoms. The first-order chi connectivity index (χ1) is 9.81. The van der Waals surface area contributed by atoms with Gasteiger partial charge in [0.25, 0.3) is 0 Å². The molecule has 116 valence electrons. The van der Waals surface area contributed by atoms with Crippen LogP contribution in [0.4, 0.5) is 0 Å². The molecule has 1 aliphatic carbocycles. The monoisotopic (exact) mass is 280 g/mol. The zero-order valence-corrected chi connectivity index (χ0v) is 12.9. The minimum atomic E-state index is 0.362. The van der Waals surface area contributed by atoms with Crippen LogP contribution in [0, 0.1) is 11.3 Å². The van der Waals surface area contributed by atoms with Crippen molar-refractivity contribution in [1.82, 2.24) is 10.2 Å². The summed E-state index contributed by atoms with van der Waals surface area (Å²) in [5, 5.41) is 12.9. The molecule has 3 fully saturated rings. The predicted molar refractivity (Wildman–Crippen MR) is 82.8 cm³/mol. The van der Waals surface area contributed by atoms with E-state index in [1.54, 1.807) is 0 Å². The van der Waals surface area contributed by atoms with Gasteiger partial charge in [-0.2, -0.15) is 0 Å². The van der Waals surface area contributed by atoms with Crippen LogP contribution in [0.3, 0.4) is 0 Å². The van der Waals surface area contributed by atoms with Crippen molar-refractivity contribution in [3.8, 4) is 0 Å². The normalized spacial score (nSPS) is 31.9. The molecular formula is C17H32N2O. The summed E-state index contributed by atoms with van der Waals surface area (Å²) in [5.41, 5.74) is 0.711. The van der Waals surface area contributed by atoms with Crippen molar-refractivity contribution in [2.75, 3.05) is 32.8 Å². The maximum Gasteiger partial charge on any atom is 0.0586 e. The summed E-state index contributed by atoms with van der Waals surface area (Å²) < 4.78 is 0. The second-order valence-electron chi connectivity index (χ2n) is 7.50. The molecule has 3 nitrogen and oxygen atoms in total. The molecule has 2 N–H and O–H groups in total. The average Bonchev–Trinajstić information content (AvgIpc) is 2.95. The molecule has 0 aromatic heterocycles. The van der Waals surface area contributed by atoms with Crippen molar-refractivity contribution in [2.24, 2.45) is 11.3 Å². The molecule has 0 unspecified atom stereocenters. The van der Waals surface area contributed by atoms with E-state index in [-0.39, 0.29) is 0 Å². The molecule has 0 amide bonds. The number of nitrogens with one attached hydrogen (secondary N) is 1. The molecule has 3 rings (SSSR count). The fraction of sp³-hybridized carbons (Fsp3) is 1.00. The van der Waals surface area contributed by atoms with Crippen LogP contribution in [0.15, 0.2) is 0 Å². The van der Waals surface area contributed by atoms with Crippen LogP contribution in [0.2, 0.25) is 0 Å². The molecule has 0 radical (unpaired) electrons. The number of hydrogen-bond donors (Lipinski definition) is 2. The largest absolute Gasteiger partial charge is 0.395 e. The number of aliphatic hydroxyl groups excluding tert-OH is 1. The molecule has 0 aromatic rings. The fourth-order valence-corrected chi connectivity index (χ4v) is 4.78. The number of hydrogen-bond acceptors (Lipinski definition) is 3. The fourth-order valence-electron chi connectivity index (χ4n) is 4.78. The van der Waals surface area contributed by atoms with Gasteiger partial charge in [0, 0.05) is 6.04 Å². The summed E-state index contributed by atoms with van der Waals surface area (Å²) in [4.78, 5) is 2.54. The Balaban J connectivity index is 1.40. The molecule has 2 aliphatic heterocycles. The second kappa shape index (κ2) is 6.76. The van der Waals surface area contributed by atoms with Gasteiger partial charge in [-0.25, -0.2) is 0 Å². The molecule has 1 saturated carbocycles. The Morgan fingerprint density at radius 3 is 2.50 bits per heavy atom. The van der Waals surface area contributed by atoms with Gasteiger partial charge in [-0.15, -0.1) is 0 Å². The summed E-state index contributed by atoms with van der Waals surface area (Å²) in [6.45, 7) is 5.30. The molecule has 0 bridgehead atoms. The number of nitrogens with zero attached hydrogens (tertiary/aromatic N) is 1. The van der Waals surface area contributed by atoms with Crippen molar-refractivity contribution >= 4 is 0 Å². The van der Waals surface area contributed by atoms with E-state index in [0.29, 0.717) is 18.1 Å². The van der Waals surface area contributed by atoms with Crippen LogP contribution in [0.5, 0.6) is 0 Å². The van der Waals surface area contributed by atoms with Gasteiger partial charge in [-0.3, -0.25) is 4.90 Å². The van der Waals surface area contributed by atoms with E-state index in [0.717, 1.165) is 5.92 Å². The van der Waals surface area contributed by atoms with E-state index in [9.17, 15) is 5.11 Å². The van der Waals surface area contributed by atoms with Crippen molar-refractivity contribution in [3.63, 3.8) is 0 Å². The van der Waals surface area contributed by atoms with Gasteiger partial charge in [0.2, 0.25) is 0 Å². The zero-order chi connectivity index (χ0) is 13.8. The summed E-state index contributed by atoms with van der Waals surface area (Å²) in [6.07, 6.45) is 12.5.